The Hall–Kier alpha value is -2.38. The van der Waals surface area contributed by atoms with E-state index in [1.807, 2.05) is 37.3 Å². The van der Waals surface area contributed by atoms with Gasteiger partial charge in [-0.3, -0.25) is 5.32 Å². The van der Waals surface area contributed by atoms with Crippen LogP contribution in [-0.4, -0.2) is 35.5 Å². The number of aliphatic hydroxyl groups excluding tert-OH is 1. The minimum absolute atomic E-state index is 0.0736. The number of aromatic nitrogens is 1. The number of aryl methyl sites for hydroxylation is 1. The molecule has 0 aliphatic carbocycles. The van der Waals surface area contributed by atoms with Gasteiger partial charge in [-0.1, -0.05) is 35.5 Å². The molecule has 1 heterocycles. The molecule has 7 nitrogen and oxygen atoms in total. The number of urea groups is 1. The van der Waals surface area contributed by atoms with E-state index in [1.165, 1.54) is 0 Å². The van der Waals surface area contributed by atoms with E-state index in [2.05, 4.69) is 15.8 Å². The highest BCUT2D eigenvalue weighted by Gasteiger charge is 2.12. The van der Waals surface area contributed by atoms with Crippen molar-refractivity contribution in [2.24, 2.45) is 0 Å². The molecule has 2 rings (SSSR count). The van der Waals surface area contributed by atoms with Crippen molar-refractivity contribution in [2.75, 3.05) is 18.5 Å². The number of amides is 2. The maximum absolute atomic E-state index is 11.6. The molecule has 0 saturated heterocycles. The standard InChI is InChI=1S/C16H21N3O4/c1-11-8-15(19-23-11)18-16(21)17-9-14(20)10-22-12(2)13-6-4-3-5-7-13/h3-8,12,14,20H,9-10H2,1-2H3,(H2,17,18,19,21). The summed E-state index contributed by atoms with van der Waals surface area (Å²) in [7, 11) is 0. The van der Waals surface area contributed by atoms with Gasteiger partial charge in [0, 0.05) is 12.6 Å². The normalized spacial score (nSPS) is 13.3. The Bertz CT molecular complexity index is 615. The number of carbonyl (C=O) groups excluding carboxylic acids is 1. The first-order valence-electron chi connectivity index (χ1n) is 7.37. The maximum Gasteiger partial charge on any atom is 0.320 e. The molecule has 2 unspecified atom stereocenters. The summed E-state index contributed by atoms with van der Waals surface area (Å²) in [6.45, 7) is 3.84. The van der Waals surface area contributed by atoms with Crippen LogP contribution in [0.4, 0.5) is 10.6 Å². The molecule has 0 saturated carbocycles. The number of anilines is 1. The van der Waals surface area contributed by atoms with Crippen molar-refractivity contribution in [3.05, 3.63) is 47.7 Å². The highest BCUT2D eigenvalue weighted by molar-refractivity contribution is 5.88. The molecule has 23 heavy (non-hydrogen) atoms. The minimum atomic E-state index is -0.800. The Balaban J connectivity index is 1.66. The van der Waals surface area contributed by atoms with Gasteiger partial charge in [-0.05, 0) is 19.4 Å². The molecule has 2 amide bonds. The number of carbonyl (C=O) groups is 1. The van der Waals surface area contributed by atoms with E-state index in [1.54, 1.807) is 13.0 Å². The Morgan fingerprint density at radius 1 is 1.39 bits per heavy atom. The Morgan fingerprint density at radius 3 is 2.78 bits per heavy atom. The SMILES string of the molecule is Cc1cc(NC(=O)NCC(O)COC(C)c2ccccc2)no1. The zero-order chi connectivity index (χ0) is 16.7. The van der Waals surface area contributed by atoms with Crippen molar-refractivity contribution >= 4 is 11.8 Å². The third kappa shape index (κ3) is 5.72. The van der Waals surface area contributed by atoms with Crippen LogP contribution in [0.3, 0.4) is 0 Å². The molecule has 124 valence electrons. The first-order valence-corrected chi connectivity index (χ1v) is 7.37. The summed E-state index contributed by atoms with van der Waals surface area (Å²) < 4.78 is 10.4. The fourth-order valence-corrected chi connectivity index (χ4v) is 1.93. The van der Waals surface area contributed by atoms with E-state index in [9.17, 15) is 9.90 Å². The van der Waals surface area contributed by atoms with Gasteiger partial charge in [0.1, 0.15) is 5.76 Å². The summed E-state index contributed by atoms with van der Waals surface area (Å²) >= 11 is 0. The van der Waals surface area contributed by atoms with E-state index >= 15 is 0 Å². The molecule has 0 radical (unpaired) electrons. The zero-order valence-electron chi connectivity index (χ0n) is 13.2. The number of ether oxygens (including phenoxy) is 1. The smallest absolute Gasteiger partial charge is 0.320 e. The number of rotatable bonds is 7. The quantitative estimate of drug-likeness (QED) is 0.727. The fourth-order valence-electron chi connectivity index (χ4n) is 1.93. The molecule has 0 bridgehead atoms. The van der Waals surface area contributed by atoms with Gasteiger partial charge in [0.25, 0.3) is 0 Å². The topological polar surface area (TPSA) is 96.6 Å². The lowest BCUT2D eigenvalue weighted by atomic mass is 10.1. The van der Waals surface area contributed by atoms with Gasteiger partial charge in [-0.2, -0.15) is 0 Å². The van der Waals surface area contributed by atoms with Gasteiger partial charge in [0.2, 0.25) is 0 Å². The Morgan fingerprint density at radius 2 is 2.13 bits per heavy atom. The fraction of sp³-hybridized carbons (Fsp3) is 0.375. The predicted octanol–water partition coefficient (Wildman–Crippen LogP) is 2.24. The highest BCUT2D eigenvalue weighted by atomic mass is 16.5. The molecule has 2 aromatic rings. The second kappa shape index (κ2) is 8.30. The monoisotopic (exact) mass is 319 g/mol. The maximum atomic E-state index is 11.6. The summed E-state index contributed by atoms with van der Waals surface area (Å²) in [4.78, 5) is 11.6. The predicted molar refractivity (Wildman–Crippen MR) is 85.1 cm³/mol. The minimum Gasteiger partial charge on any atom is -0.389 e. The molecule has 3 N–H and O–H groups in total. The summed E-state index contributed by atoms with van der Waals surface area (Å²) in [5, 5.41) is 18.5. The summed E-state index contributed by atoms with van der Waals surface area (Å²) in [6, 6.07) is 10.9. The number of nitrogens with one attached hydrogen (secondary N) is 2. The number of hydrogen-bond donors (Lipinski definition) is 3. The van der Waals surface area contributed by atoms with Gasteiger partial charge < -0.3 is 19.7 Å². The molecule has 1 aromatic heterocycles. The molecule has 0 aliphatic rings. The van der Waals surface area contributed by atoms with Gasteiger partial charge in [-0.25, -0.2) is 4.79 Å². The molecule has 7 heteroatoms. The van der Waals surface area contributed by atoms with Crippen molar-refractivity contribution in [1.82, 2.24) is 10.5 Å². The van der Waals surface area contributed by atoms with Crippen LogP contribution in [0.1, 0.15) is 24.4 Å². The number of aliphatic hydroxyl groups is 1. The second-order valence-electron chi connectivity index (χ2n) is 5.20. The second-order valence-corrected chi connectivity index (χ2v) is 5.20. The first-order chi connectivity index (χ1) is 11.0. The summed E-state index contributed by atoms with van der Waals surface area (Å²) in [5.74, 6) is 0.923. The van der Waals surface area contributed by atoms with Gasteiger partial charge in [-0.15, -0.1) is 0 Å². The third-order valence-electron chi connectivity index (χ3n) is 3.18. The van der Waals surface area contributed by atoms with E-state index in [-0.39, 0.29) is 19.3 Å². The average Bonchev–Trinajstić information content (AvgIpc) is 2.96. The first kappa shape index (κ1) is 17.0. The van der Waals surface area contributed by atoms with Crippen LogP contribution in [0, 0.1) is 6.92 Å². The molecular formula is C16H21N3O4. The molecule has 0 aliphatic heterocycles. The van der Waals surface area contributed by atoms with Crippen molar-refractivity contribution in [1.29, 1.82) is 0 Å². The van der Waals surface area contributed by atoms with Crippen LogP contribution in [0.15, 0.2) is 40.9 Å². The van der Waals surface area contributed by atoms with Crippen molar-refractivity contribution in [2.45, 2.75) is 26.1 Å². The number of hydrogen-bond acceptors (Lipinski definition) is 5. The van der Waals surface area contributed by atoms with Gasteiger partial charge in [0.15, 0.2) is 5.82 Å². The van der Waals surface area contributed by atoms with Crippen LogP contribution >= 0.6 is 0 Å². The highest BCUT2D eigenvalue weighted by Crippen LogP contribution is 2.15. The van der Waals surface area contributed by atoms with Crippen molar-refractivity contribution < 1.29 is 19.2 Å². The van der Waals surface area contributed by atoms with E-state index in [4.69, 9.17) is 9.26 Å². The van der Waals surface area contributed by atoms with Crippen LogP contribution < -0.4 is 10.6 Å². The van der Waals surface area contributed by atoms with Gasteiger partial charge in [0.05, 0.1) is 18.8 Å². The summed E-state index contributed by atoms with van der Waals surface area (Å²) in [5.41, 5.74) is 1.03. The van der Waals surface area contributed by atoms with Crippen LogP contribution in [-0.2, 0) is 4.74 Å². The largest absolute Gasteiger partial charge is 0.389 e. The lowest BCUT2D eigenvalue weighted by molar-refractivity contribution is -0.000954. The van der Waals surface area contributed by atoms with E-state index in [0.29, 0.717) is 11.6 Å². The van der Waals surface area contributed by atoms with E-state index < -0.39 is 12.1 Å². The molecule has 0 fully saturated rings. The molecule has 1 aromatic carbocycles. The van der Waals surface area contributed by atoms with Crippen LogP contribution in [0.25, 0.3) is 0 Å². The molecular weight excluding hydrogens is 298 g/mol. The average molecular weight is 319 g/mol. The lowest BCUT2D eigenvalue weighted by Crippen LogP contribution is -2.37. The molecule has 0 spiro atoms. The van der Waals surface area contributed by atoms with Crippen LogP contribution in [0.5, 0.6) is 0 Å². The number of benzene rings is 1. The van der Waals surface area contributed by atoms with Crippen LogP contribution in [0.2, 0.25) is 0 Å². The summed E-state index contributed by atoms with van der Waals surface area (Å²) in [6.07, 6.45) is -0.927. The lowest BCUT2D eigenvalue weighted by Gasteiger charge is -2.17. The Labute approximate surface area is 134 Å². The number of nitrogens with zero attached hydrogens (tertiary/aromatic N) is 1. The Kier molecular flexibility index (Phi) is 6.13. The zero-order valence-corrected chi connectivity index (χ0v) is 13.2. The van der Waals surface area contributed by atoms with Crippen molar-refractivity contribution in [3.63, 3.8) is 0 Å². The molecule has 2 atom stereocenters. The third-order valence-corrected chi connectivity index (χ3v) is 3.18. The van der Waals surface area contributed by atoms with Crippen molar-refractivity contribution in [3.8, 4) is 0 Å². The van der Waals surface area contributed by atoms with Gasteiger partial charge >= 0.3 is 6.03 Å². The van der Waals surface area contributed by atoms with E-state index in [0.717, 1.165) is 5.56 Å².